The Kier molecular flexibility index (Phi) is 3.03. The lowest BCUT2D eigenvalue weighted by Gasteiger charge is -2.12. The van der Waals surface area contributed by atoms with Gasteiger partial charge in [-0.05, 0) is 53.4 Å². The maximum atomic E-state index is 5.19. The highest BCUT2D eigenvalue weighted by atomic mass is 79.9. The van der Waals surface area contributed by atoms with E-state index < -0.39 is 0 Å². The highest BCUT2D eigenvalue weighted by molar-refractivity contribution is 9.10. The van der Waals surface area contributed by atoms with Crippen LogP contribution >= 0.6 is 15.9 Å². The van der Waals surface area contributed by atoms with Gasteiger partial charge in [0.2, 0.25) is 0 Å². The zero-order valence-electron chi connectivity index (χ0n) is 9.14. The Balaban J connectivity index is 1.99. The molecule has 0 saturated heterocycles. The van der Waals surface area contributed by atoms with E-state index >= 15 is 0 Å². The fraction of sp³-hybridized carbons (Fsp3) is 0.500. The monoisotopic (exact) mass is 269 g/mol. The molecule has 1 aliphatic carbocycles. The zero-order chi connectivity index (χ0) is 10.9. The number of ether oxygens (including phenoxy) is 1. The molecule has 1 saturated carbocycles. The SMILES string of the molecule is COc1ccc(CNC2(C)CC2)cc1Br. The van der Waals surface area contributed by atoms with Gasteiger partial charge in [0.25, 0.3) is 0 Å². The smallest absolute Gasteiger partial charge is 0.133 e. The van der Waals surface area contributed by atoms with Crippen molar-refractivity contribution < 1.29 is 4.74 Å². The quantitative estimate of drug-likeness (QED) is 0.907. The van der Waals surface area contributed by atoms with Gasteiger partial charge >= 0.3 is 0 Å². The Labute approximate surface area is 99.1 Å². The van der Waals surface area contributed by atoms with Crippen LogP contribution in [-0.4, -0.2) is 12.6 Å². The van der Waals surface area contributed by atoms with E-state index in [1.165, 1.54) is 18.4 Å². The molecular formula is C12H16BrNO. The van der Waals surface area contributed by atoms with E-state index in [1.54, 1.807) is 7.11 Å². The van der Waals surface area contributed by atoms with Crippen LogP contribution in [0.2, 0.25) is 0 Å². The Morgan fingerprint density at radius 2 is 2.20 bits per heavy atom. The van der Waals surface area contributed by atoms with Crippen LogP contribution in [0.4, 0.5) is 0 Å². The van der Waals surface area contributed by atoms with Gasteiger partial charge < -0.3 is 10.1 Å². The van der Waals surface area contributed by atoms with Gasteiger partial charge in [-0.2, -0.15) is 0 Å². The zero-order valence-corrected chi connectivity index (χ0v) is 10.7. The Bertz CT molecular complexity index is 361. The molecule has 1 fully saturated rings. The topological polar surface area (TPSA) is 21.3 Å². The average molecular weight is 270 g/mol. The summed E-state index contributed by atoms with van der Waals surface area (Å²) in [4.78, 5) is 0. The van der Waals surface area contributed by atoms with Crippen molar-refractivity contribution in [1.29, 1.82) is 0 Å². The first-order chi connectivity index (χ1) is 7.13. The van der Waals surface area contributed by atoms with E-state index in [1.807, 2.05) is 6.07 Å². The molecule has 0 radical (unpaired) electrons. The number of hydrogen-bond acceptors (Lipinski definition) is 2. The number of hydrogen-bond donors (Lipinski definition) is 1. The summed E-state index contributed by atoms with van der Waals surface area (Å²) in [5, 5.41) is 3.55. The average Bonchev–Trinajstić information content (AvgIpc) is 2.95. The molecule has 0 amide bonds. The van der Waals surface area contributed by atoms with E-state index in [2.05, 4.69) is 40.3 Å². The van der Waals surface area contributed by atoms with Gasteiger partial charge in [-0.15, -0.1) is 0 Å². The lowest BCUT2D eigenvalue weighted by molar-refractivity contribution is 0.412. The highest BCUT2D eigenvalue weighted by Crippen LogP contribution is 2.34. The van der Waals surface area contributed by atoms with Crippen molar-refractivity contribution in [3.8, 4) is 5.75 Å². The van der Waals surface area contributed by atoms with Gasteiger partial charge in [0.1, 0.15) is 5.75 Å². The van der Waals surface area contributed by atoms with E-state index in [0.29, 0.717) is 5.54 Å². The van der Waals surface area contributed by atoms with Gasteiger partial charge in [0, 0.05) is 12.1 Å². The van der Waals surface area contributed by atoms with Crippen LogP contribution < -0.4 is 10.1 Å². The van der Waals surface area contributed by atoms with Gasteiger partial charge in [0.15, 0.2) is 0 Å². The molecule has 0 aromatic heterocycles. The predicted molar refractivity (Wildman–Crippen MR) is 65.2 cm³/mol. The molecule has 0 bridgehead atoms. The standard InChI is InChI=1S/C12H16BrNO/c1-12(5-6-12)14-8-9-3-4-11(15-2)10(13)7-9/h3-4,7,14H,5-6,8H2,1-2H3. The molecule has 1 N–H and O–H groups in total. The second-order valence-electron chi connectivity index (χ2n) is 4.38. The van der Waals surface area contributed by atoms with Crippen LogP contribution in [0.1, 0.15) is 25.3 Å². The van der Waals surface area contributed by atoms with E-state index in [4.69, 9.17) is 4.74 Å². The molecule has 3 heteroatoms. The second kappa shape index (κ2) is 4.14. The molecule has 0 aliphatic heterocycles. The molecule has 0 spiro atoms. The van der Waals surface area contributed by atoms with Gasteiger partial charge in [-0.25, -0.2) is 0 Å². The highest BCUT2D eigenvalue weighted by Gasteiger charge is 2.36. The van der Waals surface area contributed by atoms with E-state index in [-0.39, 0.29) is 0 Å². The number of rotatable bonds is 4. The molecule has 2 rings (SSSR count). The van der Waals surface area contributed by atoms with Crippen molar-refractivity contribution in [1.82, 2.24) is 5.32 Å². The third-order valence-electron chi connectivity index (χ3n) is 2.94. The molecule has 1 aromatic carbocycles. The molecule has 0 atom stereocenters. The van der Waals surface area contributed by atoms with Crippen LogP contribution in [0, 0.1) is 0 Å². The summed E-state index contributed by atoms with van der Waals surface area (Å²) in [6.07, 6.45) is 2.59. The minimum atomic E-state index is 0.395. The number of halogens is 1. The maximum Gasteiger partial charge on any atom is 0.133 e. The van der Waals surface area contributed by atoms with Crippen LogP contribution in [-0.2, 0) is 6.54 Å². The molecule has 15 heavy (non-hydrogen) atoms. The fourth-order valence-corrected chi connectivity index (χ4v) is 2.09. The minimum Gasteiger partial charge on any atom is -0.496 e. The summed E-state index contributed by atoms with van der Waals surface area (Å²) in [6.45, 7) is 3.20. The molecule has 1 aromatic rings. The number of methoxy groups -OCH3 is 1. The summed E-state index contributed by atoms with van der Waals surface area (Å²) >= 11 is 3.49. The van der Waals surface area contributed by atoms with E-state index in [9.17, 15) is 0 Å². The first-order valence-corrected chi connectivity index (χ1v) is 6.00. The lowest BCUT2D eigenvalue weighted by Crippen LogP contribution is -2.26. The molecular weight excluding hydrogens is 254 g/mol. The molecule has 0 heterocycles. The largest absolute Gasteiger partial charge is 0.496 e. The lowest BCUT2D eigenvalue weighted by atomic mass is 10.2. The first kappa shape index (κ1) is 11.0. The summed E-state index contributed by atoms with van der Waals surface area (Å²) < 4.78 is 6.21. The van der Waals surface area contributed by atoms with Gasteiger partial charge in [-0.3, -0.25) is 0 Å². The first-order valence-electron chi connectivity index (χ1n) is 5.20. The third-order valence-corrected chi connectivity index (χ3v) is 3.56. The van der Waals surface area contributed by atoms with Crippen molar-refractivity contribution in [2.75, 3.05) is 7.11 Å². The molecule has 82 valence electrons. The maximum absolute atomic E-state index is 5.19. The second-order valence-corrected chi connectivity index (χ2v) is 5.24. The van der Waals surface area contributed by atoms with Crippen LogP contribution in [0.3, 0.4) is 0 Å². The Hall–Kier alpha value is -0.540. The van der Waals surface area contributed by atoms with Crippen molar-refractivity contribution >= 4 is 15.9 Å². The number of benzene rings is 1. The van der Waals surface area contributed by atoms with Crippen LogP contribution in [0.25, 0.3) is 0 Å². The van der Waals surface area contributed by atoms with Crippen molar-refractivity contribution in [3.63, 3.8) is 0 Å². The fourth-order valence-electron chi connectivity index (χ4n) is 1.50. The van der Waals surface area contributed by atoms with Crippen LogP contribution in [0.5, 0.6) is 5.75 Å². The number of nitrogens with one attached hydrogen (secondary N) is 1. The van der Waals surface area contributed by atoms with Crippen molar-refractivity contribution in [2.24, 2.45) is 0 Å². The van der Waals surface area contributed by atoms with Crippen molar-refractivity contribution in [3.05, 3.63) is 28.2 Å². The van der Waals surface area contributed by atoms with Crippen LogP contribution in [0.15, 0.2) is 22.7 Å². The predicted octanol–water partition coefficient (Wildman–Crippen LogP) is 3.10. The van der Waals surface area contributed by atoms with Gasteiger partial charge in [0.05, 0.1) is 11.6 Å². The molecule has 0 unspecified atom stereocenters. The third kappa shape index (κ3) is 2.73. The van der Waals surface area contributed by atoms with Gasteiger partial charge in [-0.1, -0.05) is 6.07 Å². The summed E-state index contributed by atoms with van der Waals surface area (Å²) in [5.74, 6) is 0.886. The summed E-state index contributed by atoms with van der Waals surface area (Å²) in [7, 11) is 1.68. The minimum absolute atomic E-state index is 0.395. The summed E-state index contributed by atoms with van der Waals surface area (Å²) in [6, 6.07) is 6.20. The molecule has 1 aliphatic rings. The van der Waals surface area contributed by atoms with E-state index in [0.717, 1.165) is 16.8 Å². The summed E-state index contributed by atoms with van der Waals surface area (Å²) in [5.41, 5.74) is 1.68. The van der Waals surface area contributed by atoms with Crippen molar-refractivity contribution in [2.45, 2.75) is 31.8 Å². The Morgan fingerprint density at radius 1 is 1.47 bits per heavy atom. The Morgan fingerprint density at radius 3 is 2.73 bits per heavy atom. The normalized spacial score (nSPS) is 17.5. The molecule has 2 nitrogen and oxygen atoms in total.